The van der Waals surface area contributed by atoms with Gasteiger partial charge in [-0.15, -0.1) is 0 Å². The fourth-order valence-electron chi connectivity index (χ4n) is 2.28. The molecule has 1 rings (SSSR count). The molecule has 0 aliphatic carbocycles. The van der Waals surface area contributed by atoms with E-state index >= 15 is 0 Å². The highest BCUT2D eigenvalue weighted by Crippen LogP contribution is 2.21. The molecule has 1 fully saturated rings. The van der Waals surface area contributed by atoms with Crippen molar-refractivity contribution in [1.29, 1.82) is 0 Å². The summed E-state index contributed by atoms with van der Waals surface area (Å²) in [7, 11) is 1.78. The average molecular weight is 214 g/mol. The molecule has 0 bridgehead atoms. The second-order valence-electron chi connectivity index (χ2n) is 5.36. The summed E-state index contributed by atoms with van der Waals surface area (Å²) in [5.41, 5.74) is 0.279. The number of ether oxygens (including phenoxy) is 1. The molecule has 0 spiro atoms. The van der Waals surface area contributed by atoms with Gasteiger partial charge in [0.2, 0.25) is 0 Å². The fourth-order valence-corrected chi connectivity index (χ4v) is 2.28. The van der Waals surface area contributed by atoms with E-state index in [0.29, 0.717) is 6.04 Å². The van der Waals surface area contributed by atoms with Crippen molar-refractivity contribution < 1.29 is 4.74 Å². The van der Waals surface area contributed by atoms with E-state index in [0.717, 1.165) is 26.2 Å². The smallest absolute Gasteiger partial charge is 0.0589 e. The van der Waals surface area contributed by atoms with Crippen molar-refractivity contribution >= 4 is 0 Å². The topological polar surface area (TPSA) is 15.7 Å². The van der Waals surface area contributed by atoms with Crippen molar-refractivity contribution in [2.75, 3.05) is 39.9 Å². The van der Waals surface area contributed by atoms with Gasteiger partial charge in [0.1, 0.15) is 0 Å². The van der Waals surface area contributed by atoms with Gasteiger partial charge in [-0.05, 0) is 27.7 Å². The van der Waals surface area contributed by atoms with Crippen LogP contribution in [0.15, 0.2) is 0 Å². The highest BCUT2D eigenvalue weighted by atomic mass is 16.5. The van der Waals surface area contributed by atoms with E-state index in [-0.39, 0.29) is 5.54 Å². The van der Waals surface area contributed by atoms with Gasteiger partial charge >= 0.3 is 0 Å². The van der Waals surface area contributed by atoms with Crippen LogP contribution in [-0.2, 0) is 4.74 Å². The normalized spacial score (nSPS) is 23.6. The molecule has 0 aromatic rings. The summed E-state index contributed by atoms with van der Waals surface area (Å²) >= 11 is 0. The number of methoxy groups -OCH3 is 1. The number of nitrogens with zero attached hydrogens (tertiary/aromatic N) is 2. The summed E-state index contributed by atoms with van der Waals surface area (Å²) in [5, 5.41) is 0. The zero-order valence-corrected chi connectivity index (χ0v) is 10.9. The standard InChI is InChI=1S/C12H26N2O/c1-11(2)13-6-7-14(8-9-15-5)12(3,4)10-13/h11H,6-10H2,1-5H3. The minimum Gasteiger partial charge on any atom is -0.383 e. The van der Waals surface area contributed by atoms with Gasteiger partial charge in [0, 0.05) is 44.9 Å². The zero-order valence-electron chi connectivity index (χ0n) is 10.9. The monoisotopic (exact) mass is 214 g/mol. The molecule has 0 N–H and O–H groups in total. The van der Waals surface area contributed by atoms with Crippen LogP contribution in [0, 0.1) is 0 Å². The van der Waals surface area contributed by atoms with Crippen LogP contribution in [0.1, 0.15) is 27.7 Å². The van der Waals surface area contributed by atoms with E-state index in [4.69, 9.17) is 4.74 Å². The third-order valence-electron chi connectivity index (χ3n) is 3.40. The predicted octanol–water partition coefficient (Wildman–Crippen LogP) is 1.44. The van der Waals surface area contributed by atoms with E-state index in [9.17, 15) is 0 Å². The summed E-state index contributed by atoms with van der Waals surface area (Å²) in [5.74, 6) is 0. The summed E-state index contributed by atoms with van der Waals surface area (Å²) in [4.78, 5) is 5.10. The van der Waals surface area contributed by atoms with E-state index in [1.807, 2.05) is 0 Å². The molecule has 0 atom stereocenters. The van der Waals surface area contributed by atoms with Crippen molar-refractivity contribution in [1.82, 2.24) is 9.80 Å². The molecule has 0 amide bonds. The molecule has 15 heavy (non-hydrogen) atoms. The molecule has 1 saturated heterocycles. The Morgan fingerprint density at radius 1 is 1.27 bits per heavy atom. The van der Waals surface area contributed by atoms with Crippen molar-refractivity contribution in [3.8, 4) is 0 Å². The molecular formula is C12H26N2O. The van der Waals surface area contributed by atoms with Gasteiger partial charge in [0.15, 0.2) is 0 Å². The van der Waals surface area contributed by atoms with Crippen LogP contribution in [0.5, 0.6) is 0 Å². The number of rotatable bonds is 4. The molecule has 3 heteroatoms. The molecule has 3 nitrogen and oxygen atoms in total. The Hall–Kier alpha value is -0.120. The quantitative estimate of drug-likeness (QED) is 0.704. The summed E-state index contributed by atoms with van der Waals surface area (Å²) in [6, 6.07) is 0.661. The molecular weight excluding hydrogens is 188 g/mol. The zero-order chi connectivity index (χ0) is 11.5. The van der Waals surface area contributed by atoms with Gasteiger partial charge in [-0.2, -0.15) is 0 Å². The Labute approximate surface area is 94.4 Å². The highest BCUT2D eigenvalue weighted by Gasteiger charge is 2.33. The van der Waals surface area contributed by atoms with Crippen LogP contribution < -0.4 is 0 Å². The number of piperazine rings is 1. The first-order valence-electron chi connectivity index (χ1n) is 5.95. The van der Waals surface area contributed by atoms with Crippen LogP contribution in [0.25, 0.3) is 0 Å². The van der Waals surface area contributed by atoms with Crippen LogP contribution in [-0.4, -0.2) is 61.3 Å². The lowest BCUT2D eigenvalue weighted by atomic mass is 9.98. The highest BCUT2D eigenvalue weighted by molar-refractivity contribution is 4.90. The molecule has 0 unspecified atom stereocenters. The molecule has 90 valence electrons. The SMILES string of the molecule is COCCN1CCN(C(C)C)CC1(C)C. The maximum atomic E-state index is 5.16. The molecule has 0 radical (unpaired) electrons. The Kier molecular flexibility index (Phi) is 4.56. The minimum absolute atomic E-state index is 0.279. The van der Waals surface area contributed by atoms with Gasteiger partial charge in [-0.25, -0.2) is 0 Å². The summed E-state index contributed by atoms with van der Waals surface area (Å²) < 4.78 is 5.16. The Balaban J connectivity index is 2.50. The fraction of sp³-hybridized carbons (Fsp3) is 1.00. The van der Waals surface area contributed by atoms with E-state index < -0.39 is 0 Å². The van der Waals surface area contributed by atoms with Gasteiger partial charge < -0.3 is 4.74 Å². The van der Waals surface area contributed by atoms with Gasteiger partial charge in [-0.1, -0.05) is 0 Å². The van der Waals surface area contributed by atoms with Crippen molar-refractivity contribution in [2.45, 2.75) is 39.3 Å². The first-order chi connectivity index (χ1) is 6.97. The Bertz CT molecular complexity index is 192. The molecule has 1 aliphatic heterocycles. The first-order valence-corrected chi connectivity index (χ1v) is 5.95. The first kappa shape index (κ1) is 12.9. The Morgan fingerprint density at radius 2 is 1.93 bits per heavy atom. The second kappa shape index (κ2) is 5.28. The van der Waals surface area contributed by atoms with Gasteiger partial charge in [0.05, 0.1) is 6.61 Å². The predicted molar refractivity (Wildman–Crippen MR) is 64.2 cm³/mol. The maximum absolute atomic E-state index is 5.16. The van der Waals surface area contributed by atoms with E-state index in [1.54, 1.807) is 7.11 Å². The van der Waals surface area contributed by atoms with Crippen LogP contribution in [0.3, 0.4) is 0 Å². The van der Waals surface area contributed by atoms with Gasteiger partial charge in [-0.3, -0.25) is 9.80 Å². The van der Waals surface area contributed by atoms with Gasteiger partial charge in [0.25, 0.3) is 0 Å². The second-order valence-corrected chi connectivity index (χ2v) is 5.36. The van der Waals surface area contributed by atoms with Crippen molar-refractivity contribution in [2.24, 2.45) is 0 Å². The van der Waals surface area contributed by atoms with E-state index in [2.05, 4.69) is 37.5 Å². The molecule has 0 aromatic heterocycles. The molecule has 1 heterocycles. The van der Waals surface area contributed by atoms with Crippen LogP contribution in [0.2, 0.25) is 0 Å². The van der Waals surface area contributed by atoms with Crippen molar-refractivity contribution in [3.63, 3.8) is 0 Å². The third kappa shape index (κ3) is 3.44. The molecule has 0 aromatic carbocycles. The van der Waals surface area contributed by atoms with E-state index in [1.165, 1.54) is 6.54 Å². The average Bonchev–Trinajstić information content (AvgIpc) is 2.14. The summed E-state index contributed by atoms with van der Waals surface area (Å²) in [6.07, 6.45) is 0. The maximum Gasteiger partial charge on any atom is 0.0589 e. The lowest BCUT2D eigenvalue weighted by molar-refractivity contribution is -0.00659. The molecule has 1 aliphatic rings. The minimum atomic E-state index is 0.279. The lowest BCUT2D eigenvalue weighted by Crippen LogP contribution is -2.61. The van der Waals surface area contributed by atoms with Crippen molar-refractivity contribution in [3.05, 3.63) is 0 Å². The third-order valence-corrected chi connectivity index (χ3v) is 3.40. The number of hydrogen-bond acceptors (Lipinski definition) is 3. The van der Waals surface area contributed by atoms with Crippen LogP contribution in [0.4, 0.5) is 0 Å². The Morgan fingerprint density at radius 3 is 2.40 bits per heavy atom. The van der Waals surface area contributed by atoms with Crippen LogP contribution >= 0.6 is 0 Å². The summed E-state index contributed by atoms with van der Waals surface area (Å²) in [6.45, 7) is 14.6. The lowest BCUT2D eigenvalue weighted by Gasteiger charge is -2.48. The number of hydrogen-bond donors (Lipinski definition) is 0. The molecule has 0 saturated carbocycles. The largest absolute Gasteiger partial charge is 0.383 e.